The molecule has 0 aromatic carbocycles. The molecule has 0 aromatic rings. The Kier molecular flexibility index (Phi) is 5.06. The summed E-state index contributed by atoms with van der Waals surface area (Å²) in [5, 5.41) is 2.94. The fraction of sp³-hybridized carbons (Fsp3) is 0.917. The zero-order valence-electron chi connectivity index (χ0n) is 10.4. The number of rotatable bonds is 4. The number of alkyl carbamates (subject to hydrolysis) is 1. The van der Waals surface area contributed by atoms with Gasteiger partial charge < -0.3 is 15.8 Å². The van der Waals surface area contributed by atoms with Gasteiger partial charge in [-0.3, -0.25) is 0 Å². The van der Waals surface area contributed by atoms with E-state index in [0.717, 1.165) is 31.6 Å². The lowest BCUT2D eigenvalue weighted by atomic mass is 9.75. The largest absolute Gasteiger partial charge is 0.450 e. The van der Waals surface area contributed by atoms with Gasteiger partial charge in [0.1, 0.15) is 0 Å². The number of nitrogens with one attached hydrogen (secondary N) is 1. The Morgan fingerprint density at radius 2 is 2.06 bits per heavy atom. The Morgan fingerprint density at radius 3 is 2.50 bits per heavy atom. The van der Waals surface area contributed by atoms with Crippen molar-refractivity contribution in [2.45, 2.75) is 51.5 Å². The van der Waals surface area contributed by atoms with Crippen LogP contribution in [0.25, 0.3) is 0 Å². The number of carbonyl (C=O) groups excluding carboxylic acids is 1. The van der Waals surface area contributed by atoms with Gasteiger partial charge in [-0.15, -0.1) is 0 Å². The first-order valence-corrected chi connectivity index (χ1v) is 6.30. The molecule has 1 aliphatic rings. The van der Waals surface area contributed by atoms with Crippen LogP contribution in [0.5, 0.6) is 0 Å². The predicted octanol–water partition coefficient (Wildman–Crippen LogP) is 2.03. The van der Waals surface area contributed by atoms with E-state index in [0.29, 0.717) is 13.2 Å². The summed E-state index contributed by atoms with van der Waals surface area (Å²) < 4.78 is 4.92. The zero-order chi connectivity index (χ0) is 12.0. The Balaban J connectivity index is 2.49. The van der Waals surface area contributed by atoms with Gasteiger partial charge in [-0.05, 0) is 38.5 Å². The first-order chi connectivity index (χ1) is 7.65. The Morgan fingerprint density at radius 1 is 1.44 bits per heavy atom. The molecule has 3 N–H and O–H groups in total. The van der Waals surface area contributed by atoms with Crippen LogP contribution in [0.3, 0.4) is 0 Å². The normalized spacial score (nSPS) is 29.8. The predicted molar refractivity (Wildman–Crippen MR) is 64.2 cm³/mol. The molecule has 16 heavy (non-hydrogen) atoms. The third-order valence-corrected chi connectivity index (χ3v) is 3.67. The summed E-state index contributed by atoms with van der Waals surface area (Å²) in [6.45, 7) is 4.94. The number of hydrogen-bond donors (Lipinski definition) is 2. The number of amides is 1. The van der Waals surface area contributed by atoms with E-state index in [9.17, 15) is 4.79 Å². The molecule has 1 aliphatic carbocycles. The van der Waals surface area contributed by atoms with Gasteiger partial charge in [0.25, 0.3) is 0 Å². The SMILES string of the molecule is CCOC(=O)NC1(CN)CCC(CC)CC1. The van der Waals surface area contributed by atoms with Crippen LogP contribution >= 0.6 is 0 Å². The van der Waals surface area contributed by atoms with Crippen molar-refractivity contribution in [3.05, 3.63) is 0 Å². The average molecular weight is 228 g/mol. The molecule has 1 rings (SSSR count). The maximum absolute atomic E-state index is 11.4. The smallest absolute Gasteiger partial charge is 0.407 e. The second kappa shape index (κ2) is 6.09. The van der Waals surface area contributed by atoms with Crippen molar-refractivity contribution >= 4 is 6.09 Å². The molecule has 0 heterocycles. The van der Waals surface area contributed by atoms with Gasteiger partial charge in [0, 0.05) is 6.54 Å². The molecule has 4 nitrogen and oxygen atoms in total. The van der Waals surface area contributed by atoms with Crippen molar-refractivity contribution in [2.75, 3.05) is 13.2 Å². The van der Waals surface area contributed by atoms with Crippen molar-refractivity contribution in [3.63, 3.8) is 0 Å². The van der Waals surface area contributed by atoms with Crippen LogP contribution in [0.1, 0.15) is 46.0 Å². The highest BCUT2D eigenvalue weighted by Gasteiger charge is 2.35. The Hall–Kier alpha value is -0.770. The third kappa shape index (κ3) is 3.37. The van der Waals surface area contributed by atoms with Crippen LogP contribution in [-0.2, 0) is 4.74 Å². The summed E-state index contributed by atoms with van der Waals surface area (Å²) in [5.41, 5.74) is 5.58. The molecule has 0 unspecified atom stereocenters. The summed E-state index contributed by atoms with van der Waals surface area (Å²) in [7, 11) is 0. The van der Waals surface area contributed by atoms with E-state index < -0.39 is 0 Å². The van der Waals surface area contributed by atoms with E-state index in [1.54, 1.807) is 0 Å². The molecule has 1 fully saturated rings. The first-order valence-electron chi connectivity index (χ1n) is 6.30. The van der Waals surface area contributed by atoms with E-state index in [1.807, 2.05) is 6.92 Å². The summed E-state index contributed by atoms with van der Waals surface area (Å²) in [6, 6.07) is 0. The maximum atomic E-state index is 11.4. The van der Waals surface area contributed by atoms with Crippen LogP contribution in [0.2, 0.25) is 0 Å². The van der Waals surface area contributed by atoms with Gasteiger partial charge in [0.2, 0.25) is 0 Å². The molecule has 1 saturated carbocycles. The van der Waals surface area contributed by atoms with Crippen molar-refractivity contribution in [3.8, 4) is 0 Å². The third-order valence-electron chi connectivity index (χ3n) is 3.67. The van der Waals surface area contributed by atoms with E-state index in [1.165, 1.54) is 6.42 Å². The van der Waals surface area contributed by atoms with Gasteiger partial charge in [-0.1, -0.05) is 13.3 Å². The molecule has 1 amide bonds. The summed E-state index contributed by atoms with van der Waals surface area (Å²) in [5.74, 6) is 0.795. The van der Waals surface area contributed by atoms with Gasteiger partial charge >= 0.3 is 6.09 Å². The molecule has 4 heteroatoms. The molecular formula is C12H24N2O2. The van der Waals surface area contributed by atoms with Gasteiger partial charge in [-0.25, -0.2) is 4.79 Å². The molecule has 0 radical (unpaired) electrons. The second-order valence-corrected chi connectivity index (χ2v) is 4.68. The number of nitrogens with two attached hydrogens (primary N) is 1. The lowest BCUT2D eigenvalue weighted by molar-refractivity contribution is 0.122. The van der Waals surface area contributed by atoms with Gasteiger partial charge in [-0.2, -0.15) is 0 Å². The van der Waals surface area contributed by atoms with Crippen molar-refractivity contribution < 1.29 is 9.53 Å². The fourth-order valence-corrected chi connectivity index (χ4v) is 2.40. The molecule has 0 aliphatic heterocycles. The molecule has 0 spiro atoms. The monoisotopic (exact) mass is 228 g/mol. The Bertz CT molecular complexity index is 223. The minimum absolute atomic E-state index is 0.224. The molecular weight excluding hydrogens is 204 g/mol. The number of ether oxygens (including phenoxy) is 1. The average Bonchev–Trinajstić information content (AvgIpc) is 2.30. The highest BCUT2D eigenvalue weighted by Crippen LogP contribution is 2.33. The van der Waals surface area contributed by atoms with Crippen LogP contribution in [0, 0.1) is 5.92 Å². The molecule has 0 bridgehead atoms. The lowest BCUT2D eigenvalue weighted by Gasteiger charge is -2.39. The van der Waals surface area contributed by atoms with Crippen molar-refractivity contribution in [1.82, 2.24) is 5.32 Å². The summed E-state index contributed by atoms with van der Waals surface area (Å²) in [4.78, 5) is 11.4. The summed E-state index contributed by atoms with van der Waals surface area (Å²) >= 11 is 0. The zero-order valence-corrected chi connectivity index (χ0v) is 10.4. The highest BCUT2D eigenvalue weighted by molar-refractivity contribution is 5.68. The van der Waals surface area contributed by atoms with Gasteiger partial charge in [0.05, 0.1) is 12.1 Å². The van der Waals surface area contributed by atoms with E-state index in [4.69, 9.17) is 10.5 Å². The minimum atomic E-state index is -0.331. The lowest BCUT2D eigenvalue weighted by Crippen LogP contribution is -2.55. The fourth-order valence-electron chi connectivity index (χ4n) is 2.40. The van der Waals surface area contributed by atoms with Crippen molar-refractivity contribution in [1.29, 1.82) is 0 Å². The Labute approximate surface area is 97.9 Å². The van der Waals surface area contributed by atoms with E-state index in [2.05, 4.69) is 12.2 Å². The number of hydrogen-bond acceptors (Lipinski definition) is 3. The maximum Gasteiger partial charge on any atom is 0.407 e. The first kappa shape index (κ1) is 13.3. The second-order valence-electron chi connectivity index (χ2n) is 4.68. The summed E-state index contributed by atoms with van der Waals surface area (Å²) in [6.07, 6.45) is 5.14. The topological polar surface area (TPSA) is 64.3 Å². The van der Waals surface area contributed by atoms with Crippen molar-refractivity contribution in [2.24, 2.45) is 11.7 Å². The highest BCUT2D eigenvalue weighted by atomic mass is 16.5. The standard InChI is InChI=1S/C12H24N2O2/c1-3-10-5-7-12(9-13,8-6-10)14-11(15)16-4-2/h10H,3-9,13H2,1-2H3,(H,14,15). The number of carbonyl (C=O) groups is 1. The minimum Gasteiger partial charge on any atom is -0.450 e. The van der Waals surface area contributed by atoms with Crippen LogP contribution in [-0.4, -0.2) is 24.8 Å². The van der Waals surface area contributed by atoms with Crippen LogP contribution in [0.4, 0.5) is 4.79 Å². The molecule has 0 atom stereocenters. The molecule has 0 aromatic heterocycles. The quantitative estimate of drug-likeness (QED) is 0.773. The van der Waals surface area contributed by atoms with Crippen LogP contribution < -0.4 is 11.1 Å². The van der Waals surface area contributed by atoms with Crippen LogP contribution in [0.15, 0.2) is 0 Å². The van der Waals surface area contributed by atoms with Gasteiger partial charge in [0.15, 0.2) is 0 Å². The molecule has 0 saturated heterocycles. The van der Waals surface area contributed by atoms with E-state index in [-0.39, 0.29) is 11.6 Å². The van der Waals surface area contributed by atoms with E-state index >= 15 is 0 Å². The molecule has 94 valence electrons.